The zero-order valence-corrected chi connectivity index (χ0v) is 7.85. The van der Waals surface area contributed by atoms with Crippen LogP contribution in [0.3, 0.4) is 0 Å². The molecule has 1 aromatic carbocycles. The Balaban J connectivity index is 2.36. The highest BCUT2D eigenvalue weighted by Crippen LogP contribution is 2.18. The van der Waals surface area contributed by atoms with E-state index in [0.29, 0.717) is 0 Å². The zero-order chi connectivity index (χ0) is 9.80. The van der Waals surface area contributed by atoms with Gasteiger partial charge in [-0.05, 0) is 11.3 Å². The minimum Gasteiger partial charge on any atom is -0.436 e. The Kier molecular flexibility index (Phi) is 2.41. The van der Waals surface area contributed by atoms with Gasteiger partial charge in [0.25, 0.3) is 0 Å². The van der Waals surface area contributed by atoms with Gasteiger partial charge in [0, 0.05) is 0 Å². The summed E-state index contributed by atoms with van der Waals surface area (Å²) < 4.78 is 0. The SMILES string of the molecule is NC(=C1C=CC=C[CH-]1)c1ccccc1. The van der Waals surface area contributed by atoms with Crippen molar-refractivity contribution >= 4 is 5.70 Å². The molecule has 1 aromatic rings. The standard InChI is InChI=1S/C13H12N/c14-13(11-7-3-1-4-8-11)12-9-5-2-6-10-12/h1-10H,14H2/q-1. The Hall–Kier alpha value is -1.89. The Morgan fingerprint density at radius 2 is 1.86 bits per heavy atom. The van der Waals surface area contributed by atoms with Gasteiger partial charge < -0.3 is 5.73 Å². The molecule has 0 radical (unpaired) electrons. The Labute approximate surface area is 84.3 Å². The van der Waals surface area contributed by atoms with E-state index in [-0.39, 0.29) is 0 Å². The molecule has 1 aliphatic rings. The van der Waals surface area contributed by atoms with E-state index in [4.69, 9.17) is 5.73 Å². The molecule has 0 aliphatic heterocycles. The molecule has 14 heavy (non-hydrogen) atoms. The zero-order valence-electron chi connectivity index (χ0n) is 7.85. The van der Waals surface area contributed by atoms with E-state index >= 15 is 0 Å². The lowest BCUT2D eigenvalue weighted by Crippen LogP contribution is -2.01. The largest absolute Gasteiger partial charge is 0.436 e. The maximum atomic E-state index is 6.03. The lowest BCUT2D eigenvalue weighted by molar-refractivity contribution is 1.43. The average Bonchev–Trinajstić information content (AvgIpc) is 2.30. The number of hydrogen-bond acceptors (Lipinski definition) is 1. The van der Waals surface area contributed by atoms with E-state index in [1.165, 1.54) is 0 Å². The smallest absolute Gasteiger partial charge is 0.0360 e. The third-order valence-electron chi connectivity index (χ3n) is 2.17. The van der Waals surface area contributed by atoms with Gasteiger partial charge in [0.1, 0.15) is 0 Å². The van der Waals surface area contributed by atoms with Crippen molar-refractivity contribution in [3.8, 4) is 0 Å². The van der Waals surface area contributed by atoms with Gasteiger partial charge in [-0.25, -0.2) is 0 Å². The van der Waals surface area contributed by atoms with Crippen molar-refractivity contribution in [1.29, 1.82) is 0 Å². The first-order chi connectivity index (χ1) is 6.88. The minimum absolute atomic E-state index is 0.825. The lowest BCUT2D eigenvalue weighted by Gasteiger charge is -2.16. The fourth-order valence-corrected chi connectivity index (χ4v) is 1.40. The summed E-state index contributed by atoms with van der Waals surface area (Å²) in [6.07, 6.45) is 10.0. The first-order valence-electron chi connectivity index (χ1n) is 4.61. The van der Waals surface area contributed by atoms with Crippen LogP contribution in [0.5, 0.6) is 0 Å². The summed E-state index contributed by atoms with van der Waals surface area (Å²) in [6, 6.07) is 10.0. The van der Waals surface area contributed by atoms with Crippen molar-refractivity contribution in [2.45, 2.75) is 0 Å². The van der Waals surface area contributed by atoms with E-state index in [0.717, 1.165) is 16.8 Å². The molecular formula is C13H12N-. The Morgan fingerprint density at radius 3 is 2.50 bits per heavy atom. The molecule has 1 heteroatoms. The van der Waals surface area contributed by atoms with Crippen molar-refractivity contribution in [3.63, 3.8) is 0 Å². The van der Waals surface area contributed by atoms with Crippen molar-refractivity contribution in [2.24, 2.45) is 5.73 Å². The topological polar surface area (TPSA) is 26.0 Å². The van der Waals surface area contributed by atoms with Crippen LogP contribution in [0.15, 0.2) is 60.2 Å². The number of benzene rings is 1. The minimum atomic E-state index is 0.825. The van der Waals surface area contributed by atoms with Crippen LogP contribution in [0.25, 0.3) is 5.70 Å². The maximum Gasteiger partial charge on any atom is -0.0360 e. The van der Waals surface area contributed by atoms with Gasteiger partial charge in [0.2, 0.25) is 0 Å². The lowest BCUT2D eigenvalue weighted by atomic mass is 10.0. The van der Waals surface area contributed by atoms with Crippen LogP contribution in [0, 0.1) is 6.42 Å². The van der Waals surface area contributed by atoms with Gasteiger partial charge in [-0.1, -0.05) is 30.3 Å². The van der Waals surface area contributed by atoms with Gasteiger partial charge in [0.05, 0.1) is 0 Å². The van der Waals surface area contributed by atoms with Crippen molar-refractivity contribution in [1.82, 2.24) is 0 Å². The van der Waals surface area contributed by atoms with Gasteiger partial charge in [0.15, 0.2) is 0 Å². The number of nitrogens with two attached hydrogens (primary N) is 1. The highest BCUT2D eigenvalue weighted by molar-refractivity contribution is 5.71. The van der Waals surface area contributed by atoms with E-state index in [1.54, 1.807) is 0 Å². The third kappa shape index (κ3) is 1.72. The van der Waals surface area contributed by atoms with Crippen molar-refractivity contribution in [3.05, 3.63) is 72.2 Å². The van der Waals surface area contributed by atoms with Crippen LogP contribution in [0.4, 0.5) is 0 Å². The molecule has 0 unspecified atom stereocenters. The van der Waals surface area contributed by atoms with E-state index in [9.17, 15) is 0 Å². The second-order valence-corrected chi connectivity index (χ2v) is 3.15. The van der Waals surface area contributed by atoms with Crippen molar-refractivity contribution in [2.75, 3.05) is 0 Å². The second-order valence-electron chi connectivity index (χ2n) is 3.15. The van der Waals surface area contributed by atoms with Gasteiger partial charge in [-0.2, -0.15) is 0 Å². The van der Waals surface area contributed by atoms with Crippen LogP contribution in [-0.4, -0.2) is 0 Å². The van der Waals surface area contributed by atoms with E-state index in [1.807, 2.05) is 61.1 Å². The fraction of sp³-hybridized carbons (Fsp3) is 0. The highest BCUT2D eigenvalue weighted by atomic mass is 14.6. The quantitative estimate of drug-likeness (QED) is 0.664. The average molecular weight is 182 g/mol. The molecule has 0 saturated heterocycles. The molecule has 0 spiro atoms. The molecule has 0 heterocycles. The molecule has 1 nitrogen and oxygen atoms in total. The molecule has 0 amide bonds. The van der Waals surface area contributed by atoms with E-state index < -0.39 is 0 Å². The van der Waals surface area contributed by atoms with Crippen LogP contribution < -0.4 is 5.73 Å². The molecule has 0 bridgehead atoms. The van der Waals surface area contributed by atoms with Crippen molar-refractivity contribution < 1.29 is 0 Å². The Bertz CT molecular complexity index is 397. The summed E-state index contributed by atoms with van der Waals surface area (Å²) in [5, 5.41) is 0. The monoisotopic (exact) mass is 182 g/mol. The molecule has 70 valence electrons. The first kappa shape index (κ1) is 8.70. The molecule has 2 N–H and O–H groups in total. The van der Waals surface area contributed by atoms with E-state index in [2.05, 4.69) is 0 Å². The molecular weight excluding hydrogens is 170 g/mol. The molecule has 1 aliphatic carbocycles. The summed E-state index contributed by atoms with van der Waals surface area (Å²) in [5.41, 5.74) is 8.99. The van der Waals surface area contributed by atoms with Crippen LogP contribution in [-0.2, 0) is 0 Å². The Morgan fingerprint density at radius 1 is 1.07 bits per heavy atom. The van der Waals surface area contributed by atoms with Gasteiger partial charge in [-0.15, -0.1) is 36.3 Å². The molecule has 0 saturated carbocycles. The van der Waals surface area contributed by atoms with Crippen LogP contribution >= 0.6 is 0 Å². The number of hydrogen-bond donors (Lipinski definition) is 1. The second kappa shape index (κ2) is 3.88. The van der Waals surface area contributed by atoms with Crippen LogP contribution in [0.2, 0.25) is 0 Å². The summed E-state index contributed by atoms with van der Waals surface area (Å²) in [4.78, 5) is 0. The summed E-state index contributed by atoms with van der Waals surface area (Å²) in [6.45, 7) is 0. The molecule has 0 fully saturated rings. The molecule has 2 rings (SSSR count). The predicted octanol–water partition coefficient (Wildman–Crippen LogP) is 2.69. The third-order valence-corrected chi connectivity index (χ3v) is 2.17. The highest BCUT2D eigenvalue weighted by Gasteiger charge is 1.95. The molecule has 0 aromatic heterocycles. The summed E-state index contributed by atoms with van der Waals surface area (Å²) >= 11 is 0. The summed E-state index contributed by atoms with van der Waals surface area (Å²) in [5.74, 6) is 0. The van der Waals surface area contributed by atoms with Gasteiger partial charge >= 0.3 is 0 Å². The predicted molar refractivity (Wildman–Crippen MR) is 60.1 cm³/mol. The number of allylic oxidation sites excluding steroid dienone is 5. The fourth-order valence-electron chi connectivity index (χ4n) is 1.40. The number of rotatable bonds is 1. The summed E-state index contributed by atoms with van der Waals surface area (Å²) in [7, 11) is 0. The molecule has 0 atom stereocenters. The normalized spacial score (nSPS) is 17.7. The van der Waals surface area contributed by atoms with Crippen LogP contribution in [0.1, 0.15) is 5.56 Å². The van der Waals surface area contributed by atoms with Gasteiger partial charge in [-0.3, -0.25) is 0 Å². The first-order valence-corrected chi connectivity index (χ1v) is 4.61. The maximum absolute atomic E-state index is 6.03.